The Balaban J connectivity index is -0.0000000183. The quantitative estimate of drug-likeness (QED) is 0.258. The molecule has 0 aliphatic heterocycles. The Morgan fingerprint density at radius 3 is 1.12 bits per heavy atom. The second-order valence-corrected chi connectivity index (χ2v) is 0.612. The summed E-state index contributed by atoms with van der Waals surface area (Å²) >= 11 is -3.11. The van der Waals surface area contributed by atoms with E-state index in [4.69, 9.17) is 18.1 Å². The van der Waals surface area contributed by atoms with Crippen molar-refractivity contribution in [3.8, 4) is 0 Å². The van der Waals surface area contributed by atoms with E-state index in [0.717, 1.165) is 0 Å². The van der Waals surface area contributed by atoms with Crippen molar-refractivity contribution in [2.24, 2.45) is 0 Å². The van der Waals surface area contributed by atoms with Crippen molar-refractivity contribution in [2.45, 2.75) is 0 Å². The monoisotopic (exact) mass is 156 g/mol. The molecule has 0 aromatic heterocycles. The molecular weight excluding hydrogens is 154 g/mol. The Morgan fingerprint density at radius 1 is 1.12 bits per heavy atom. The van der Waals surface area contributed by atoms with E-state index in [1.165, 1.54) is 0 Å². The molecule has 0 saturated carbocycles. The third-order valence-corrected chi connectivity index (χ3v) is 0. The first-order valence-electron chi connectivity index (χ1n) is 0.789. The van der Waals surface area contributed by atoms with E-state index in [0.29, 0.717) is 0 Å². The molecule has 0 spiro atoms. The molecule has 38 valence electrons. The maximum absolute atomic E-state index is 8.44. The summed E-state index contributed by atoms with van der Waals surface area (Å²) in [5.41, 5.74) is 0. The van der Waals surface area contributed by atoms with Crippen molar-refractivity contribution in [1.82, 2.24) is 0 Å². The average molecular weight is 156 g/mol. The van der Waals surface area contributed by atoms with Crippen molar-refractivity contribution in [1.29, 1.82) is 0 Å². The van der Waals surface area contributed by atoms with Crippen LogP contribution in [0.3, 0.4) is 0 Å². The molecule has 4 nitrogen and oxygen atoms in total. The van der Waals surface area contributed by atoms with Crippen LogP contribution >= 0.6 is 0 Å². The van der Waals surface area contributed by atoms with Crippen molar-refractivity contribution < 1.29 is 77.2 Å². The molecule has 0 radical (unpaired) electrons. The number of hydrogen-bond acceptors (Lipinski definition) is 4. The van der Waals surface area contributed by atoms with Crippen LogP contribution in [0.5, 0.6) is 0 Å². The van der Waals surface area contributed by atoms with Gasteiger partial charge in [-0.2, -0.15) is 0 Å². The normalized spacial score (nSPS) is 4.88. The zero-order valence-corrected chi connectivity index (χ0v) is 9.56. The Bertz CT molecular complexity index is 45.3. The second kappa shape index (κ2) is 23.3. The smallest absolute Gasteiger partial charge is 0.784 e. The van der Waals surface area contributed by atoms with Gasteiger partial charge < -0.3 is 13.9 Å². The third kappa shape index (κ3) is 116. The summed E-state index contributed by atoms with van der Waals surface area (Å²) in [6, 6.07) is 0. The van der Waals surface area contributed by atoms with Crippen molar-refractivity contribution >= 4 is 18.2 Å². The van der Waals surface area contributed by atoms with Crippen LogP contribution in [-0.2, 0) is 16.2 Å². The van der Waals surface area contributed by atoms with Gasteiger partial charge in [0.25, 0.3) is 0 Å². The van der Waals surface area contributed by atoms with E-state index >= 15 is 0 Å². The van der Waals surface area contributed by atoms with Gasteiger partial charge in [-0.3, -0.25) is 4.21 Å². The zero-order chi connectivity index (χ0) is 5.58. The first kappa shape index (κ1) is 22.6. The molecule has 7 heteroatoms. The minimum absolute atomic E-state index is 0. The summed E-state index contributed by atoms with van der Waals surface area (Å²) in [6.45, 7) is 2.00. The topological polar surface area (TPSA) is 80.3 Å². The molecule has 0 unspecified atom stereocenters. The van der Waals surface area contributed by atoms with Gasteiger partial charge >= 0.3 is 59.1 Å². The molecule has 8 heavy (non-hydrogen) atoms. The minimum atomic E-state index is -3.11. The van der Waals surface area contributed by atoms with Gasteiger partial charge in [0, 0.05) is 0 Å². The third-order valence-electron chi connectivity index (χ3n) is 0. The van der Waals surface area contributed by atoms with Gasteiger partial charge in [-0.05, 0) is 0 Å². The minimum Gasteiger partial charge on any atom is -0.784 e. The van der Waals surface area contributed by atoms with E-state index in [1.54, 1.807) is 0 Å². The first-order chi connectivity index (χ1) is 2.73. The summed E-state index contributed by atoms with van der Waals surface area (Å²) in [6.07, 6.45) is 0. The summed E-state index contributed by atoms with van der Waals surface area (Å²) in [4.78, 5) is 8.00. The largest absolute Gasteiger partial charge is 1.00 e. The SMILES string of the molecule is C=O.O=S([O-])[O-].[Na+].[Na+]. The Morgan fingerprint density at radius 2 is 1.12 bits per heavy atom. The molecule has 0 aliphatic rings. The van der Waals surface area contributed by atoms with E-state index in [-0.39, 0.29) is 59.1 Å². The van der Waals surface area contributed by atoms with E-state index in [2.05, 4.69) is 0 Å². The van der Waals surface area contributed by atoms with Gasteiger partial charge in [0.2, 0.25) is 0 Å². The number of carbonyl (C=O) groups is 1. The van der Waals surface area contributed by atoms with E-state index in [1.807, 2.05) is 6.79 Å². The van der Waals surface area contributed by atoms with Crippen LogP contribution in [0.2, 0.25) is 0 Å². The van der Waals surface area contributed by atoms with Gasteiger partial charge in [0.05, 0.1) is 0 Å². The molecule has 0 rings (SSSR count). The zero-order valence-electron chi connectivity index (χ0n) is 4.75. The number of carbonyl (C=O) groups excluding carboxylic acids is 1. The summed E-state index contributed by atoms with van der Waals surface area (Å²) < 4.78 is 25.3. The predicted molar refractivity (Wildman–Crippen MR) is 16.8 cm³/mol. The van der Waals surface area contributed by atoms with Gasteiger partial charge in [0.1, 0.15) is 6.79 Å². The van der Waals surface area contributed by atoms with Crippen LogP contribution in [0.25, 0.3) is 0 Å². The average Bonchev–Trinajstić information content (AvgIpc) is 1.41. The maximum Gasteiger partial charge on any atom is 1.00 e. The Kier molecular flexibility index (Phi) is 65.8. The Hall–Kier alpha value is 1.74. The molecule has 0 heterocycles. The summed E-state index contributed by atoms with van der Waals surface area (Å²) in [5, 5.41) is 0. The van der Waals surface area contributed by atoms with Crippen LogP contribution in [0.4, 0.5) is 0 Å². The molecule has 0 saturated heterocycles. The van der Waals surface area contributed by atoms with Crippen molar-refractivity contribution in [3.63, 3.8) is 0 Å². The number of rotatable bonds is 0. The van der Waals surface area contributed by atoms with Gasteiger partial charge in [-0.25, -0.2) is 0 Å². The molecule has 0 atom stereocenters. The van der Waals surface area contributed by atoms with Crippen molar-refractivity contribution in [2.75, 3.05) is 0 Å². The van der Waals surface area contributed by atoms with Crippen LogP contribution in [-0.4, -0.2) is 20.1 Å². The van der Waals surface area contributed by atoms with Gasteiger partial charge in [-0.1, -0.05) is 0 Å². The fraction of sp³-hybridized carbons (Fsp3) is 0. The summed E-state index contributed by atoms with van der Waals surface area (Å²) in [7, 11) is 0. The molecular formula is CH2Na2O4S. The molecule has 0 aliphatic carbocycles. The maximum atomic E-state index is 8.44. The first-order valence-corrected chi connectivity index (χ1v) is 1.79. The van der Waals surface area contributed by atoms with E-state index < -0.39 is 11.4 Å². The molecule has 0 bridgehead atoms. The molecule has 0 aromatic carbocycles. The van der Waals surface area contributed by atoms with Crippen LogP contribution < -0.4 is 59.1 Å². The number of hydrogen-bond donors (Lipinski definition) is 0. The van der Waals surface area contributed by atoms with Crippen molar-refractivity contribution in [3.05, 3.63) is 0 Å². The molecule has 0 N–H and O–H groups in total. The Labute approximate surface area is 94.1 Å². The van der Waals surface area contributed by atoms with Gasteiger partial charge in [0.15, 0.2) is 0 Å². The van der Waals surface area contributed by atoms with Crippen LogP contribution in [0, 0.1) is 0 Å². The van der Waals surface area contributed by atoms with Crippen LogP contribution in [0.15, 0.2) is 0 Å². The second-order valence-electron chi connectivity index (χ2n) is 0.204. The summed E-state index contributed by atoms with van der Waals surface area (Å²) in [5.74, 6) is 0. The van der Waals surface area contributed by atoms with E-state index in [9.17, 15) is 0 Å². The van der Waals surface area contributed by atoms with Gasteiger partial charge in [-0.15, -0.1) is 11.4 Å². The fourth-order valence-electron chi connectivity index (χ4n) is 0. The fourth-order valence-corrected chi connectivity index (χ4v) is 0. The predicted octanol–water partition coefficient (Wildman–Crippen LogP) is -7.18. The molecule has 0 aromatic rings. The molecule has 0 amide bonds. The standard InChI is InChI=1S/CH2O.2Na.H2O3S/c1-2;;;1-4(2)3/h1H2;;;(H2,1,2,3)/q;2*+1;/p-2. The van der Waals surface area contributed by atoms with Crippen LogP contribution in [0.1, 0.15) is 0 Å². The molecule has 0 fully saturated rings.